The Kier molecular flexibility index (Phi) is 6.66. The molecular formula is C14H22O2. The molecule has 1 aromatic rings. The Morgan fingerprint density at radius 1 is 1.06 bits per heavy atom. The van der Waals surface area contributed by atoms with Crippen LogP contribution in [0, 0.1) is 6.92 Å². The first kappa shape index (κ1) is 13.0. The summed E-state index contributed by atoms with van der Waals surface area (Å²) in [4.78, 5) is 0. The highest BCUT2D eigenvalue weighted by atomic mass is 16.5. The predicted molar refractivity (Wildman–Crippen MR) is 67.0 cm³/mol. The molecule has 0 fully saturated rings. The monoisotopic (exact) mass is 222 g/mol. The number of rotatable bonds is 8. The molecule has 0 unspecified atom stereocenters. The zero-order chi connectivity index (χ0) is 11.6. The van der Waals surface area contributed by atoms with Crippen LogP contribution in [0.2, 0.25) is 0 Å². The van der Waals surface area contributed by atoms with Crippen LogP contribution < -0.4 is 4.74 Å². The van der Waals surface area contributed by atoms with Crippen molar-refractivity contribution in [2.45, 2.75) is 33.1 Å². The van der Waals surface area contributed by atoms with E-state index in [2.05, 4.69) is 19.1 Å². The molecule has 0 saturated heterocycles. The molecule has 0 aliphatic carbocycles. The third kappa shape index (κ3) is 5.76. The van der Waals surface area contributed by atoms with Gasteiger partial charge in [0.25, 0.3) is 0 Å². The van der Waals surface area contributed by atoms with Crippen LogP contribution >= 0.6 is 0 Å². The lowest BCUT2D eigenvalue weighted by atomic mass is 10.2. The Labute approximate surface area is 98.6 Å². The van der Waals surface area contributed by atoms with Crippen molar-refractivity contribution in [2.24, 2.45) is 0 Å². The maximum atomic E-state index is 5.65. The van der Waals surface area contributed by atoms with Gasteiger partial charge in [-0.3, -0.25) is 0 Å². The van der Waals surface area contributed by atoms with E-state index >= 15 is 0 Å². The minimum atomic E-state index is 0.801. The topological polar surface area (TPSA) is 18.5 Å². The van der Waals surface area contributed by atoms with Crippen molar-refractivity contribution in [3.05, 3.63) is 29.8 Å². The summed E-state index contributed by atoms with van der Waals surface area (Å²) >= 11 is 0. The molecular weight excluding hydrogens is 200 g/mol. The molecule has 0 N–H and O–H groups in total. The molecule has 2 nitrogen and oxygen atoms in total. The molecule has 90 valence electrons. The Morgan fingerprint density at radius 2 is 1.88 bits per heavy atom. The van der Waals surface area contributed by atoms with Crippen molar-refractivity contribution in [1.29, 1.82) is 0 Å². The molecule has 2 heteroatoms. The largest absolute Gasteiger partial charge is 0.494 e. The molecule has 0 aliphatic rings. The first-order chi connectivity index (χ1) is 7.83. The minimum Gasteiger partial charge on any atom is -0.494 e. The summed E-state index contributed by atoms with van der Waals surface area (Å²) in [5, 5.41) is 0. The van der Waals surface area contributed by atoms with Gasteiger partial charge in [-0.1, -0.05) is 12.1 Å². The number of hydrogen-bond donors (Lipinski definition) is 0. The maximum absolute atomic E-state index is 5.65. The van der Waals surface area contributed by atoms with E-state index in [-0.39, 0.29) is 0 Å². The van der Waals surface area contributed by atoms with Gasteiger partial charge in [0, 0.05) is 13.2 Å². The summed E-state index contributed by atoms with van der Waals surface area (Å²) in [7, 11) is 0. The van der Waals surface area contributed by atoms with Gasteiger partial charge in [0.05, 0.1) is 6.61 Å². The second kappa shape index (κ2) is 8.17. The van der Waals surface area contributed by atoms with E-state index in [9.17, 15) is 0 Å². The molecule has 1 aromatic carbocycles. The zero-order valence-electron chi connectivity index (χ0n) is 10.4. The number of benzene rings is 1. The van der Waals surface area contributed by atoms with Crippen LogP contribution in [-0.4, -0.2) is 19.8 Å². The van der Waals surface area contributed by atoms with E-state index in [1.54, 1.807) is 0 Å². The Bertz CT molecular complexity index is 284. The van der Waals surface area contributed by atoms with Crippen LogP contribution in [0.1, 0.15) is 31.7 Å². The van der Waals surface area contributed by atoms with Gasteiger partial charge in [-0.05, 0) is 50.8 Å². The fraction of sp³-hybridized carbons (Fsp3) is 0.571. The van der Waals surface area contributed by atoms with Crippen molar-refractivity contribution < 1.29 is 9.47 Å². The van der Waals surface area contributed by atoms with Crippen LogP contribution in [0.4, 0.5) is 0 Å². The van der Waals surface area contributed by atoms with Crippen molar-refractivity contribution >= 4 is 0 Å². The van der Waals surface area contributed by atoms with Crippen LogP contribution in [0.5, 0.6) is 5.75 Å². The van der Waals surface area contributed by atoms with Gasteiger partial charge >= 0.3 is 0 Å². The lowest BCUT2D eigenvalue weighted by Gasteiger charge is -2.06. The van der Waals surface area contributed by atoms with Crippen molar-refractivity contribution in [1.82, 2.24) is 0 Å². The average molecular weight is 222 g/mol. The van der Waals surface area contributed by atoms with Gasteiger partial charge in [-0.15, -0.1) is 0 Å². The molecule has 0 spiro atoms. The smallest absolute Gasteiger partial charge is 0.119 e. The molecule has 1 rings (SSSR count). The molecule has 0 amide bonds. The minimum absolute atomic E-state index is 0.801. The van der Waals surface area contributed by atoms with Crippen LogP contribution in [0.15, 0.2) is 24.3 Å². The van der Waals surface area contributed by atoms with Gasteiger partial charge < -0.3 is 9.47 Å². The van der Waals surface area contributed by atoms with Gasteiger partial charge in [-0.25, -0.2) is 0 Å². The van der Waals surface area contributed by atoms with Crippen LogP contribution in [-0.2, 0) is 4.74 Å². The van der Waals surface area contributed by atoms with E-state index in [1.165, 1.54) is 12.0 Å². The van der Waals surface area contributed by atoms with E-state index in [1.807, 2.05) is 19.1 Å². The molecule has 0 atom stereocenters. The standard InChI is InChI=1S/C14H22O2/c1-3-15-10-5-4-6-11-16-14-9-7-8-13(2)12-14/h7-9,12H,3-6,10-11H2,1-2H3. The van der Waals surface area contributed by atoms with Crippen molar-refractivity contribution in [3.63, 3.8) is 0 Å². The predicted octanol–water partition coefficient (Wildman–Crippen LogP) is 3.58. The summed E-state index contributed by atoms with van der Waals surface area (Å²) in [6.45, 7) is 6.60. The summed E-state index contributed by atoms with van der Waals surface area (Å²) in [5.74, 6) is 0.977. The number of ether oxygens (including phenoxy) is 2. The van der Waals surface area contributed by atoms with Crippen LogP contribution in [0.25, 0.3) is 0 Å². The lowest BCUT2D eigenvalue weighted by molar-refractivity contribution is 0.141. The number of hydrogen-bond acceptors (Lipinski definition) is 2. The van der Waals surface area contributed by atoms with Gasteiger partial charge in [-0.2, -0.15) is 0 Å². The zero-order valence-corrected chi connectivity index (χ0v) is 10.4. The first-order valence-electron chi connectivity index (χ1n) is 6.10. The number of aryl methyl sites for hydroxylation is 1. The van der Waals surface area contributed by atoms with Gasteiger partial charge in [0.1, 0.15) is 5.75 Å². The molecule has 0 heterocycles. The molecule has 16 heavy (non-hydrogen) atoms. The van der Waals surface area contributed by atoms with Crippen molar-refractivity contribution in [3.8, 4) is 5.75 Å². The molecule has 0 saturated carbocycles. The summed E-state index contributed by atoms with van der Waals surface area (Å²) in [6.07, 6.45) is 3.40. The first-order valence-corrected chi connectivity index (χ1v) is 6.10. The van der Waals surface area contributed by atoms with Gasteiger partial charge in [0.2, 0.25) is 0 Å². The Morgan fingerprint density at radius 3 is 2.62 bits per heavy atom. The van der Waals surface area contributed by atoms with Crippen LogP contribution in [0.3, 0.4) is 0 Å². The summed E-state index contributed by atoms with van der Waals surface area (Å²) in [5.41, 5.74) is 1.24. The highest BCUT2D eigenvalue weighted by molar-refractivity contribution is 5.27. The third-order valence-corrected chi connectivity index (χ3v) is 2.40. The molecule has 0 radical (unpaired) electrons. The fourth-order valence-electron chi connectivity index (χ4n) is 1.52. The third-order valence-electron chi connectivity index (χ3n) is 2.40. The normalized spacial score (nSPS) is 10.4. The van der Waals surface area contributed by atoms with E-state index in [0.29, 0.717) is 0 Å². The summed E-state index contributed by atoms with van der Waals surface area (Å²) < 4.78 is 10.9. The SMILES string of the molecule is CCOCCCCCOc1cccc(C)c1. The Balaban J connectivity index is 2.03. The number of unbranched alkanes of at least 4 members (excludes halogenated alkanes) is 2. The van der Waals surface area contributed by atoms with E-state index in [4.69, 9.17) is 9.47 Å². The van der Waals surface area contributed by atoms with Crippen molar-refractivity contribution in [2.75, 3.05) is 19.8 Å². The molecule has 0 aliphatic heterocycles. The molecule has 0 bridgehead atoms. The fourth-order valence-corrected chi connectivity index (χ4v) is 1.52. The lowest BCUT2D eigenvalue weighted by Crippen LogP contribution is -1.99. The average Bonchev–Trinajstić information content (AvgIpc) is 2.28. The highest BCUT2D eigenvalue weighted by Crippen LogP contribution is 2.12. The second-order valence-electron chi connectivity index (χ2n) is 3.92. The highest BCUT2D eigenvalue weighted by Gasteiger charge is 1.94. The Hall–Kier alpha value is -1.02. The molecule has 0 aromatic heterocycles. The maximum Gasteiger partial charge on any atom is 0.119 e. The summed E-state index contributed by atoms with van der Waals surface area (Å²) in [6, 6.07) is 8.18. The van der Waals surface area contributed by atoms with E-state index < -0.39 is 0 Å². The quantitative estimate of drug-likeness (QED) is 0.626. The second-order valence-corrected chi connectivity index (χ2v) is 3.92. The van der Waals surface area contributed by atoms with E-state index in [0.717, 1.165) is 38.4 Å². The van der Waals surface area contributed by atoms with Gasteiger partial charge in [0.15, 0.2) is 0 Å².